The monoisotopic (exact) mass is 358 g/mol. The maximum absolute atomic E-state index is 12.1. The maximum atomic E-state index is 12.1. The third-order valence-electron chi connectivity index (χ3n) is 3.36. The number of nitrogens with one attached hydrogen (secondary N) is 2. The topological polar surface area (TPSA) is 58.2 Å². The van der Waals surface area contributed by atoms with Gasteiger partial charge in [-0.3, -0.25) is 9.59 Å². The van der Waals surface area contributed by atoms with Crippen molar-refractivity contribution in [3.63, 3.8) is 0 Å². The van der Waals surface area contributed by atoms with Crippen LogP contribution in [0.25, 0.3) is 10.8 Å². The van der Waals surface area contributed by atoms with Crippen LogP contribution in [0.1, 0.15) is 0 Å². The number of fused-ring (bicyclic) bond motifs is 1. The summed E-state index contributed by atoms with van der Waals surface area (Å²) in [5, 5.41) is 7.65. The fraction of sp³-hybridized carbons (Fsp3) is 0. The first-order valence-corrected chi connectivity index (χ1v) is 7.85. The molecule has 0 spiro atoms. The number of carbonyl (C=O) groups excluding carboxylic acids is 2. The molecule has 0 aliphatic carbocycles. The molecular weight excluding hydrogens is 347 g/mol. The predicted molar refractivity (Wildman–Crippen MR) is 97.7 cm³/mol. The molecule has 6 heteroatoms. The molecule has 120 valence electrons. The fourth-order valence-corrected chi connectivity index (χ4v) is 2.85. The van der Waals surface area contributed by atoms with Crippen molar-refractivity contribution in [1.29, 1.82) is 0 Å². The van der Waals surface area contributed by atoms with Gasteiger partial charge in [0.1, 0.15) is 0 Å². The van der Waals surface area contributed by atoms with Gasteiger partial charge in [0.25, 0.3) is 0 Å². The maximum Gasteiger partial charge on any atom is 0.314 e. The van der Waals surface area contributed by atoms with Crippen LogP contribution >= 0.6 is 23.2 Å². The Morgan fingerprint density at radius 1 is 0.750 bits per heavy atom. The summed E-state index contributed by atoms with van der Waals surface area (Å²) >= 11 is 11.7. The van der Waals surface area contributed by atoms with Crippen molar-refractivity contribution >= 4 is 57.2 Å². The van der Waals surface area contributed by atoms with Crippen LogP contribution in [0.15, 0.2) is 60.7 Å². The molecule has 0 aromatic heterocycles. The molecule has 0 saturated heterocycles. The van der Waals surface area contributed by atoms with E-state index in [1.165, 1.54) is 18.2 Å². The zero-order valence-corrected chi connectivity index (χ0v) is 13.9. The van der Waals surface area contributed by atoms with Crippen molar-refractivity contribution < 1.29 is 9.59 Å². The molecule has 0 radical (unpaired) electrons. The average Bonchev–Trinajstić information content (AvgIpc) is 2.54. The van der Waals surface area contributed by atoms with Crippen LogP contribution in [0.3, 0.4) is 0 Å². The van der Waals surface area contributed by atoms with E-state index in [2.05, 4.69) is 10.6 Å². The quantitative estimate of drug-likeness (QED) is 0.651. The van der Waals surface area contributed by atoms with Gasteiger partial charge in [0.2, 0.25) is 0 Å². The number of hydrogen-bond donors (Lipinski definition) is 2. The number of benzene rings is 3. The molecule has 0 aliphatic heterocycles. The molecule has 0 saturated carbocycles. The molecule has 0 atom stereocenters. The largest absolute Gasteiger partial charge is 0.318 e. The minimum atomic E-state index is -0.804. The fourth-order valence-electron chi connectivity index (χ4n) is 2.33. The van der Waals surface area contributed by atoms with Crippen LogP contribution in [0.4, 0.5) is 11.4 Å². The lowest BCUT2D eigenvalue weighted by molar-refractivity contribution is -0.132. The molecule has 0 heterocycles. The first kappa shape index (κ1) is 16.3. The van der Waals surface area contributed by atoms with E-state index >= 15 is 0 Å². The number of carbonyl (C=O) groups is 2. The summed E-state index contributed by atoms with van der Waals surface area (Å²) in [4.78, 5) is 24.2. The van der Waals surface area contributed by atoms with Gasteiger partial charge in [-0.1, -0.05) is 59.6 Å². The molecule has 3 rings (SSSR count). The highest BCUT2D eigenvalue weighted by Crippen LogP contribution is 2.24. The Bertz CT molecular complexity index is 916. The minimum absolute atomic E-state index is 0.352. The normalized spacial score (nSPS) is 10.4. The van der Waals surface area contributed by atoms with E-state index in [1.54, 1.807) is 6.07 Å². The number of amides is 2. The molecule has 4 nitrogen and oxygen atoms in total. The summed E-state index contributed by atoms with van der Waals surface area (Å²) in [5.74, 6) is -1.58. The van der Waals surface area contributed by atoms with Crippen LogP contribution in [0.2, 0.25) is 10.0 Å². The van der Waals surface area contributed by atoms with Gasteiger partial charge in [-0.2, -0.15) is 0 Å². The summed E-state index contributed by atoms with van der Waals surface area (Å²) in [7, 11) is 0. The Hall–Kier alpha value is -2.56. The second kappa shape index (κ2) is 6.91. The molecule has 0 fully saturated rings. The number of halogens is 2. The molecule has 0 bridgehead atoms. The molecular formula is C18H12Cl2N2O2. The average molecular weight is 359 g/mol. The van der Waals surface area contributed by atoms with Crippen molar-refractivity contribution in [3.05, 3.63) is 70.7 Å². The summed E-state index contributed by atoms with van der Waals surface area (Å²) < 4.78 is 0. The molecule has 0 unspecified atom stereocenters. The highest BCUT2D eigenvalue weighted by atomic mass is 35.5. The lowest BCUT2D eigenvalue weighted by atomic mass is 10.1. The van der Waals surface area contributed by atoms with E-state index in [4.69, 9.17) is 23.2 Å². The van der Waals surface area contributed by atoms with Gasteiger partial charge in [0, 0.05) is 26.8 Å². The van der Waals surface area contributed by atoms with Crippen molar-refractivity contribution in [2.75, 3.05) is 10.6 Å². The van der Waals surface area contributed by atoms with Gasteiger partial charge in [-0.25, -0.2) is 0 Å². The van der Waals surface area contributed by atoms with Crippen LogP contribution in [-0.2, 0) is 9.59 Å². The third-order valence-corrected chi connectivity index (χ3v) is 3.80. The summed E-state index contributed by atoms with van der Waals surface area (Å²) in [6.45, 7) is 0. The van der Waals surface area contributed by atoms with Crippen molar-refractivity contribution in [2.45, 2.75) is 0 Å². The Morgan fingerprint density at radius 2 is 1.38 bits per heavy atom. The molecule has 24 heavy (non-hydrogen) atoms. The van der Waals surface area contributed by atoms with Crippen LogP contribution in [-0.4, -0.2) is 11.8 Å². The van der Waals surface area contributed by atoms with Crippen LogP contribution in [0.5, 0.6) is 0 Å². The van der Waals surface area contributed by atoms with Gasteiger partial charge in [0.15, 0.2) is 0 Å². The van der Waals surface area contributed by atoms with Crippen molar-refractivity contribution in [1.82, 2.24) is 0 Å². The molecule has 2 N–H and O–H groups in total. The first-order valence-electron chi connectivity index (χ1n) is 7.09. The van der Waals surface area contributed by atoms with Crippen LogP contribution in [0, 0.1) is 0 Å². The van der Waals surface area contributed by atoms with Crippen molar-refractivity contribution in [3.8, 4) is 0 Å². The van der Waals surface area contributed by atoms with E-state index in [1.807, 2.05) is 36.4 Å². The predicted octanol–water partition coefficient (Wildman–Crippen LogP) is 4.72. The van der Waals surface area contributed by atoms with E-state index in [0.29, 0.717) is 21.4 Å². The van der Waals surface area contributed by atoms with Crippen LogP contribution < -0.4 is 10.6 Å². The van der Waals surface area contributed by atoms with Gasteiger partial charge < -0.3 is 10.6 Å². The Balaban J connectivity index is 1.77. The molecule has 3 aromatic carbocycles. The first-order chi connectivity index (χ1) is 11.5. The zero-order valence-electron chi connectivity index (χ0n) is 12.3. The van der Waals surface area contributed by atoms with Crippen molar-refractivity contribution in [2.24, 2.45) is 0 Å². The van der Waals surface area contributed by atoms with E-state index in [0.717, 1.165) is 10.8 Å². The smallest absolute Gasteiger partial charge is 0.314 e. The highest BCUT2D eigenvalue weighted by Gasteiger charge is 2.15. The standard InChI is InChI=1S/C18H12Cl2N2O2/c19-12-8-13(20)10-14(9-12)21-17(23)18(24)22-16-7-3-5-11-4-1-2-6-15(11)16/h1-10H,(H,21,23)(H,22,24). The number of rotatable bonds is 2. The van der Waals surface area contributed by atoms with E-state index in [9.17, 15) is 9.59 Å². The van der Waals surface area contributed by atoms with Gasteiger partial charge >= 0.3 is 11.8 Å². The third kappa shape index (κ3) is 3.67. The zero-order chi connectivity index (χ0) is 17.1. The lowest BCUT2D eigenvalue weighted by Crippen LogP contribution is -2.29. The second-order valence-corrected chi connectivity index (χ2v) is 5.97. The SMILES string of the molecule is O=C(Nc1cc(Cl)cc(Cl)c1)C(=O)Nc1cccc2ccccc12. The second-order valence-electron chi connectivity index (χ2n) is 5.09. The lowest BCUT2D eigenvalue weighted by Gasteiger charge is -2.09. The Labute approximate surface area is 148 Å². The number of anilines is 2. The van der Waals surface area contributed by atoms with Gasteiger partial charge in [-0.05, 0) is 29.7 Å². The van der Waals surface area contributed by atoms with E-state index in [-0.39, 0.29) is 0 Å². The molecule has 3 aromatic rings. The summed E-state index contributed by atoms with van der Waals surface area (Å²) in [6, 6.07) is 17.6. The molecule has 0 aliphatic rings. The van der Waals surface area contributed by atoms with E-state index < -0.39 is 11.8 Å². The highest BCUT2D eigenvalue weighted by molar-refractivity contribution is 6.44. The number of hydrogen-bond acceptors (Lipinski definition) is 2. The summed E-state index contributed by atoms with van der Waals surface area (Å²) in [5.41, 5.74) is 0.919. The Morgan fingerprint density at radius 3 is 2.12 bits per heavy atom. The summed E-state index contributed by atoms with van der Waals surface area (Å²) in [6.07, 6.45) is 0. The van der Waals surface area contributed by atoms with Gasteiger partial charge in [-0.15, -0.1) is 0 Å². The Kier molecular flexibility index (Phi) is 4.69. The van der Waals surface area contributed by atoms with Gasteiger partial charge in [0.05, 0.1) is 0 Å². The minimum Gasteiger partial charge on any atom is -0.318 e. The molecule has 2 amide bonds.